The van der Waals surface area contributed by atoms with Crippen LogP contribution < -0.4 is 14.5 Å². The third kappa shape index (κ3) is 4.77. The molecule has 0 unspecified atom stereocenters. The zero-order valence-corrected chi connectivity index (χ0v) is 18.3. The van der Waals surface area contributed by atoms with Crippen LogP contribution in [0.25, 0.3) is 0 Å². The maximum atomic E-state index is 13.3. The van der Waals surface area contributed by atoms with Crippen LogP contribution in [-0.2, 0) is 4.79 Å². The molecule has 2 aromatic rings. The number of amides is 3. The normalized spacial score (nSPS) is 18.0. The van der Waals surface area contributed by atoms with Crippen LogP contribution in [0.2, 0.25) is 0 Å². The van der Waals surface area contributed by atoms with E-state index in [1.165, 1.54) is 24.3 Å². The van der Waals surface area contributed by atoms with Gasteiger partial charge >= 0.3 is 12.4 Å². The molecule has 1 spiro atoms. The lowest BCUT2D eigenvalue weighted by molar-refractivity contribution is -0.274. The monoisotopic (exact) mass is 461 g/mol. The van der Waals surface area contributed by atoms with Gasteiger partial charge in [0.05, 0.1) is 5.41 Å². The van der Waals surface area contributed by atoms with Gasteiger partial charge in [0, 0.05) is 37.6 Å². The summed E-state index contributed by atoms with van der Waals surface area (Å²) < 4.78 is 41.1. The molecule has 0 saturated carbocycles. The molecular formula is C24H26F3N3O3. The van der Waals surface area contributed by atoms with Crippen molar-refractivity contribution in [1.82, 2.24) is 4.90 Å². The summed E-state index contributed by atoms with van der Waals surface area (Å²) in [7, 11) is 0. The van der Waals surface area contributed by atoms with Crippen molar-refractivity contribution >= 4 is 23.3 Å². The Morgan fingerprint density at radius 1 is 1.00 bits per heavy atom. The van der Waals surface area contributed by atoms with Gasteiger partial charge in [-0.3, -0.25) is 9.69 Å². The number of ether oxygens (including phenoxy) is 1. The highest BCUT2D eigenvalue weighted by atomic mass is 19.4. The number of anilines is 2. The molecule has 0 N–H and O–H groups in total. The van der Waals surface area contributed by atoms with E-state index in [2.05, 4.69) is 4.74 Å². The second-order valence-corrected chi connectivity index (χ2v) is 8.38. The summed E-state index contributed by atoms with van der Waals surface area (Å²) in [6.07, 6.45) is -2.97. The number of nitrogens with zero attached hydrogens (tertiary/aromatic N) is 3. The van der Waals surface area contributed by atoms with Crippen LogP contribution in [0.4, 0.5) is 29.3 Å². The fourth-order valence-electron chi connectivity index (χ4n) is 4.69. The molecule has 6 nitrogen and oxygen atoms in total. The molecule has 2 aliphatic rings. The van der Waals surface area contributed by atoms with E-state index in [0.29, 0.717) is 51.1 Å². The van der Waals surface area contributed by atoms with E-state index in [1.807, 2.05) is 37.3 Å². The summed E-state index contributed by atoms with van der Waals surface area (Å²) in [5, 5.41) is 0. The first kappa shape index (κ1) is 22.9. The Kier molecular flexibility index (Phi) is 6.23. The van der Waals surface area contributed by atoms with Crippen LogP contribution in [0.1, 0.15) is 26.2 Å². The SMILES string of the molecule is CCN(C(=O)N1CCC2(CC1)CCN(c1ccc(OC(F)(F)F)cc1)C2=O)c1ccccc1. The van der Waals surface area contributed by atoms with Gasteiger partial charge in [-0.1, -0.05) is 18.2 Å². The van der Waals surface area contributed by atoms with E-state index in [1.54, 1.807) is 14.7 Å². The first-order chi connectivity index (χ1) is 15.7. The van der Waals surface area contributed by atoms with E-state index in [4.69, 9.17) is 0 Å². The molecule has 2 heterocycles. The van der Waals surface area contributed by atoms with Crippen LogP contribution in [0, 0.1) is 5.41 Å². The molecule has 2 aliphatic heterocycles. The fraction of sp³-hybridized carbons (Fsp3) is 0.417. The van der Waals surface area contributed by atoms with E-state index < -0.39 is 11.8 Å². The zero-order valence-electron chi connectivity index (χ0n) is 18.3. The maximum Gasteiger partial charge on any atom is 0.573 e. The van der Waals surface area contributed by atoms with Crippen LogP contribution >= 0.6 is 0 Å². The molecule has 33 heavy (non-hydrogen) atoms. The predicted octanol–water partition coefficient (Wildman–Crippen LogP) is 5.05. The Labute approximate surface area is 190 Å². The second-order valence-electron chi connectivity index (χ2n) is 8.38. The smallest absolute Gasteiger partial charge is 0.406 e. The van der Waals surface area contributed by atoms with Crippen LogP contribution in [0.15, 0.2) is 54.6 Å². The van der Waals surface area contributed by atoms with E-state index in [9.17, 15) is 22.8 Å². The highest BCUT2D eigenvalue weighted by Crippen LogP contribution is 2.43. The zero-order chi connectivity index (χ0) is 23.6. The van der Waals surface area contributed by atoms with Gasteiger partial charge in [-0.05, 0) is 62.6 Å². The summed E-state index contributed by atoms with van der Waals surface area (Å²) in [5.74, 6) is -0.354. The number of rotatable bonds is 4. The minimum absolute atomic E-state index is 0.0329. The number of halogens is 3. The molecule has 4 rings (SSSR count). The summed E-state index contributed by atoms with van der Waals surface area (Å²) in [5.41, 5.74) is 0.847. The number of piperidine rings is 1. The Hall–Kier alpha value is -3.23. The van der Waals surface area contributed by atoms with Crippen molar-refractivity contribution in [2.75, 3.05) is 36.0 Å². The summed E-state index contributed by atoms with van der Waals surface area (Å²) >= 11 is 0. The summed E-state index contributed by atoms with van der Waals surface area (Å²) in [4.78, 5) is 31.5. The third-order valence-corrected chi connectivity index (χ3v) is 6.50. The average Bonchev–Trinajstić information content (AvgIpc) is 3.10. The second kappa shape index (κ2) is 8.96. The number of hydrogen-bond acceptors (Lipinski definition) is 3. The minimum Gasteiger partial charge on any atom is -0.406 e. The molecule has 2 saturated heterocycles. The molecule has 176 valence electrons. The molecule has 9 heteroatoms. The average molecular weight is 461 g/mol. The summed E-state index contributed by atoms with van der Waals surface area (Å²) in [6.45, 7) is 3.95. The number of para-hydroxylation sites is 1. The lowest BCUT2D eigenvalue weighted by Crippen LogP contribution is -2.51. The maximum absolute atomic E-state index is 13.3. The van der Waals surface area contributed by atoms with Gasteiger partial charge in [0.15, 0.2) is 0 Å². The van der Waals surface area contributed by atoms with Crippen LogP contribution in [-0.4, -0.2) is 49.4 Å². The Balaban J connectivity index is 1.40. The Bertz CT molecular complexity index is 988. The lowest BCUT2D eigenvalue weighted by Gasteiger charge is -2.39. The van der Waals surface area contributed by atoms with Gasteiger partial charge in [-0.2, -0.15) is 0 Å². The molecule has 0 bridgehead atoms. The molecule has 0 radical (unpaired) electrons. The molecular weight excluding hydrogens is 435 g/mol. The quantitative estimate of drug-likeness (QED) is 0.640. The molecule has 2 aromatic carbocycles. The lowest BCUT2D eigenvalue weighted by atomic mass is 9.77. The number of carbonyl (C=O) groups is 2. The molecule has 0 aliphatic carbocycles. The number of urea groups is 1. The highest BCUT2D eigenvalue weighted by Gasteiger charge is 2.49. The van der Waals surface area contributed by atoms with Gasteiger partial charge in [-0.15, -0.1) is 13.2 Å². The molecule has 2 fully saturated rings. The first-order valence-electron chi connectivity index (χ1n) is 11.0. The van der Waals surface area contributed by atoms with Crippen molar-refractivity contribution in [1.29, 1.82) is 0 Å². The van der Waals surface area contributed by atoms with Gasteiger partial charge < -0.3 is 14.5 Å². The van der Waals surface area contributed by atoms with Gasteiger partial charge in [0.1, 0.15) is 5.75 Å². The standard InChI is InChI=1S/C24H26F3N3O3/c1-2-29(18-6-4-3-5-7-18)22(32)28-15-12-23(13-16-28)14-17-30(21(23)31)19-8-10-20(11-9-19)33-24(25,26)27/h3-11H,2,12-17H2,1H3. The molecule has 0 aromatic heterocycles. The largest absolute Gasteiger partial charge is 0.573 e. The van der Waals surface area contributed by atoms with Crippen LogP contribution in [0.5, 0.6) is 5.75 Å². The van der Waals surface area contributed by atoms with E-state index in [0.717, 1.165) is 5.69 Å². The van der Waals surface area contributed by atoms with Crippen molar-refractivity contribution in [2.45, 2.75) is 32.5 Å². The number of hydrogen-bond donors (Lipinski definition) is 0. The van der Waals surface area contributed by atoms with Gasteiger partial charge in [0.25, 0.3) is 0 Å². The fourth-order valence-corrected chi connectivity index (χ4v) is 4.69. The number of carbonyl (C=O) groups excluding carboxylic acids is 2. The number of alkyl halides is 3. The van der Waals surface area contributed by atoms with Crippen molar-refractivity contribution in [3.63, 3.8) is 0 Å². The Morgan fingerprint density at radius 3 is 2.18 bits per heavy atom. The van der Waals surface area contributed by atoms with E-state index >= 15 is 0 Å². The summed E-state index contributed by atoms with van der Waals surface area (Å²) in [6, 6.07) is 14.8. The molecule has 3 amide bonds. The van der Waals surface area contributed by atoms with Gasteiger partial charge in [-0.25, -0.2) is 4.79 Å². The first-order valence-corrected chi connectivity index (χ1v) is 11.0. The van der Waals surface area contributed by atoms with E-state index in [-0.39, 0.29) is 17.7 Å². The minimum atomic E-state index is -4.76. The molecule has 0 atom stereocenters. The Morgan fingerprint density at radius 2 is 1.61 bits per heavy atom. The van der Waals surface area contributed by atoms with Gasteiger partial charge in [0.2, 0.25) is 5.91 Å². The number of benzene rings is 2. The predicted molar refractivity (Wildman–Crippen MR) is 118 cm³/mol. The number of likely N-dealkylation sites (tertiary alicyclic amines) is 1. The van der Waals surface area contributed by atoms with Crippen LogP contribution in [0.3, 0.4) is 0 Å². The van der Waals surface area contributed by atoms with Crippen molar-refractivity contribution in [3.8, 4) is 5.75 Å². The van der Waals surface area contributed by atoms with Crippen molar-refractivity contribution in [2.24, 2.45) is 5.41 Å². The van der Waals surface area contributed by atoms with Crippen molar-refractivity contribution < 1.29 is 27.5 Å². The third-order valence-electron chi connectivity index (χ3n) is 6.50. The van der Waals surface area contributed by atoms with Crippen molar-refractivity contribution in [3.05, 3.63) is 54.6 Å². The highest BCUT2D eigenvalue weighted by molar-refractivity contribution is 6.00. The topological polar surface area (TPSA) is 53.1 Å².